The molecule has 2 heterocycles. The van der Waals surface area contributed by atoms with Crippen LogP contribution in [0.25, 0.3) is 0 Å². The third-order valence-corrected chi connectivity index (χ3v) is 8.27. The average Bonchev–Trinajstić information content (AvgIpc) is 3.16. The van der Waals surface area contributed by atoms with Gasteiger partial charge in [-0.25, -0.2) is 8.42 Å². The zero-order valence-corrected chi connectivity index (χ0v) is 16.2. The van der Waals surface area contributed by atoms with E-state index in [1.54, 1.807) is 0 Å². The Hall–Kier alpha value is -1.42. The zero-order valence-electron chi connectivity index (χ0n) is 13.8. The summed E-state index contributed by atoms with van der Waals surface area (Å²) in [6.07, 6.45) is 1.60. The molecule has 1 saturated heterocycles. The Labute approximate surface area is 152 Å². The first-order chi connectivity index (χ1) is 11.7. The van der Waals surface area contributed by atoms with Crippen LogP contribution in [0.3, 0.4) is 0 Å². The van der Waals surface area contributed by atoms with Crippen molar-refractivity contribution >= 4 is 31.6 Å². The quantitative estimate of drug-likeness (QED) is 0.780. The molecule has 1 fully saturated rings. The van der Waals surface area contributed by atoms with Crippen LogP contribution in [0.1, 0.15) is 24.2 Å². The van der Waals surface area contributed by atoms with E-state index in [1.807, 2.05) is 0 Å². The van der Waals surface area contributed by atoms with Crippen molar-refractivity contribution in [3.63, 3.8) is 0 Å². The van der Waals surface area contributed by atoms with Gasteiger partial charge in [-0.15, -0.1) is 0 Å². The number of aromatic nitrogens is 2. The summed E-state index contributed by atoms with van der Waals surface area (Å²) >= 11 is 5.80. The van der Waals surface area contributed by atoms with E-state index in [0.29, 0.717) is 18.1 Å². The normalized spacial score (nSPS) is 16.4. The smallest absolute Gasteiger partial charge is 0.207 e. The van der Waals surface area contributed by atoms with Gasteiger partial charge in [0, 0.05) is 18.1 Å². The second kappa shape index (κ2) is 6.39. The molecule has 1 aliphatic rings. The first-order valence-electron chi connectivity index (χ1n) is 7.73. The number of nitrogens with zero attached hydrogens (tertiary/aromatic N) is 3. The van der Waals surface area contributed by atoms with Crippen molar-refractivity contribution in [2.75, 3.05) is 13.1 Å². The highest BCUT2D eigenvalue weighted by Crippen LogP contribution is 2.28. The van der Waals surface area contributed by atoms with Gasteiger partial charge in [-0.1, -0.05) is 11.6 Å². The molecule has 0 saturated carbocycles. The fraction of sp³-hybridized carbons (Fsp3) is 0.400. The molecular weight excluding hydrogens is 386 g/mol. The molecule has 1 aromatic carbocycles. The van der Waals surface area contributed by atoms with Gasteiger partial charge in [0.15, 0.2) is 0 Å². The van der Waals surface area contributed by atoms with Crippen molar-refractivity contribution < 1.29 is 16.8 Å². The first kappa shape index (κ1) is 18.4. The van der Waals surface area contributed by atoms with E-state index in [2.05, 4.69) is 5.10 Å². The second-order valence-corrected chi connectivity index (χ2v) is 9.99. The number of rotatable bonds is 4. The summed E-state index contributed by atoms with van der Waals surface area (Å²) < 4.78 is 53.5. The summed E-state index contributed by atoms with van der Waals surface area (Å²) in [4.78, 5) is -0.0421. The Kier molecular flexibility index (Phi) is 4.69. The summed E-state index contributed by atoms with van der Waals surface area (Å²) in [5, 5.41) is 4.42. The average molecular weight is 404 g/mol. The highest BCUT2D eigenvalue weighted by Gasteiger charge is 2.35. The molecule has 7 nitrogen and oxygen atoms in total. The molecule has 0 spiro atoms. The fourth-order valence-electron chi connectivity index (χ4n) is 2.98. The lowest BCUT2D eigenvalue weighted by molar-refractivity contribution is 0.476. The number of benzene rings is 1. The van der Waals surface area contributed by atoms with Gasteiger partial charge in [-0.3, -0.25) is 0 Å². The molecule has 0 bridgehead atoms. The summed E-state index contributed by atoms with van der Waals surface area (Å²) in [5.41, 5.74) is 0.251. The Bertz CT molecular complexity index is 1010. The van der Waals surface area contributed by atoms with Crippen molar-refractivity contribution in [1.29, 1.82) is 0 Å². The molecule has 0 aliphatic carbocycles. The summed E-state index contributed by atoms with van der Waals surface area (Å²) in [7, 11) is -7.77. The van der Waals surface area contributed by atoms with E-state index < -0.39 is 20.0 Å². The van der Waals surface area contributed by atoms with Crippen LogP contribution < -0.4 is 0 Å². The fourth-order valence-corrected chi connectivity index (χ4v) is 6.39. The molecule has 136 valence electrons. The lowest BCUT2D eigenvalue weighted by Crippen LogP contribution is -2.29. The number of hydrogen-bond acceptors (Lipinski definition) is 5. The molecule has 0 unspecified atom stereocenters. The van der Waals surface area contributed by atoms with Gasteiger partial charge in [0.25, 0.3) is 10.0 Å². The lowest BCUT2D eigenvalue weighted by Gasteiger charge is -2.15. The van der Waals surface area contributed by atoms with Crippen LogP contribution in [0, 0.1) is 13.8 Å². The standard InChI is InChI=1S/C15H18ClN3O4S2/c1-11-15(25(22,23)18-9-3-4-10-18)12(2)19(17-11)24(20,21)14-7-5-13(16)6-8-14/h5-8H,3-4,9-10H2,1-2H3. The Morgan fingerprint density at radius 3 is 2.08 bits per heavy atom. The van der Waals surface area contributed by atoms with Crippen LogP contribution in [0.4, 0.5) is 0 Å². The van der Waals surface area contributed by atoms with Crippen LogP contribution in [0.15, 0.2) is 34.1 Å². The summed E-state index contributed by atoms with van der Waals surface area (Å²) in [6, 6.07) is 5.65. The maximum absolute atomic E-state index is 12.9. The SMILES string of the molecule is Cc1nn(S(=O)(=O)c2ccc(Cl)cc2)c(C)c1S(=O)(=O)N1CCCC1. The molecule has 0 atom stereocenters. The van der Waals surface area contributed by atoms with Gasteiger partial charge in [-0.05, 0) is 51.0 Å². The van der Waals surface area contributed by atoms with Crippen molar-refractivity contribution in [3.05, 3.63) is 40.7 Å². The number of halogens is 1. The van der Waals surface area contributed by atoms with Crippen LogP contribution in [-0.4, -0.2) is 43.4 Å². The molecule has 0 radical (unpaired) electrons. The predicted molar refractivity (Wildman–Crippen MR) is 93.7 cm³/mol. The molecule has 2 aromatic rings. The maximum atomic E-state index is 12.9. The van der Waals surface area contributed by atoms with Gasteiger partial charge < -0.3 is 0 Å². The van der Waals surface area contributed by atoms with Gasteiger partial charge in [0.2, 0.25) is 10.0 Å². The van der Waals surface area contributed by atoms with Gasteiger partial charge in [0.05, 0.1) is 16.3 Å². The molecule has 0 N–H and O–H groups in total. The lowest BCUT2D eigenvalue weighted by atomic mass is 10.4. The minimum atomic E-state index is -4.01. The van der Waals surface area contributed by atoms with Gasteiger partial charge in [0.1, 0.15) is 4.90 Å². The van der Waals surface area contributed by atoms with Gasteiger partial charge in [-0.2, -0.15) is 21.9 Å². The highest BCUT2D eigenvalue weighted by molar-refractivity contribution is 7.90. The molecule has 25 heavy (non-hydrogen) atoms. The number of sulfonamides is 1. The van der Waals surface area contributed by atoms with Crippen molar-refractivity contribution in [1.82, 2.24) is 13.5 Å². The van der Waals surface area contributed by atoms with Crippen LogP contribution in [-0.2, 0) is 20.0 Å². The minimum Gasteiger partial charge on any atom is -0.207 e. The minimum absolute atomic E-state index is 0.00683. The van der Waals surface area contributed by atoms with Crippen LogP contribution in [0.5, 0.6) is 0 Å². The summed E-state index contributed by atoms with van der Waals surface area (Å²) in [5.74, 6) is 0. The highest BCUT2D eigenvalue weighted by atomic mass is 35.5. The van der Waals surface area contributed by atoms with E-state index in [9.17, 15) is 16.8 Å². The molecule has 1 aliphatic heterocycles. The predicted octanol–water partition coefficient (Wildman–Crippen LogP) is 2.17. The van der Waals surface area contributed by atoms with Crippen LogP contribution in [0.2, 0.25) is 5.02 Å². The first-order valence-corrected chi connectivity index (χ1v) is 11.0. The second-order valence-electron chi connectivity index (χ2n) is 5.91. The topological polar surface area (TPSA) is 89.3 Å². The van der Waals surface area contributed by atoms with Crippen molar-refractivity contribution in [2.45, 2.75) is 36.5 Å². The van der Waals surface area contributed by atoms with E-state index in [0.717, 1.165) is 16.9 Å². The molecule has 3 rings (SSSR count). The number of aryl methyl sites for hydroxylation is 1. The van der Waals surface area contributed by atoms with E-state index in [-0.39, 0.29) is 21.2 Å². The Morgan fingerprint density at radius 1 is 0.960 bits per heavy atom. The van der Waals surface area contributed by atoms with Gasteiger partial charge >= 0.3 is 0 Å². The number of hydrogen-bond donors (Lipinski definition) is 0. The maximum Gasteiger partial charge on any atom is 0.283 e. The largest absolute Gasteiger partial charge is 0.283 e. The van der Waals surface area contributed by atoms with E-state index in [4.69, 9.17) is 11.6 Å². The Morgan fingerprint density at radius 2 is 1.52 bits per heavy atom. The van der Waals surface area contributed by atoms with Crippen molar-refractivity contribution in [2.24, 2.45) is 0 Å². The zero-order chi connectivity index (χ0) is 18.4. The Balaban J connectivity index is 2.13. The third-order valence-electron chi connectivity index (χ3n) is 4.19. The monoisotopic (exact) mass is 403 g/mol. The molecule has 0 amide bonds. The van der Waals surface area contributed by atoms with Crippen molar-refractivity contribution in [3.8, 4) is 0 Å². The van der Waals surface area contributed by atoms with Crippen LogP contribution >= 0.6 is 11.6 Å². The third kappa shape index (κ3) is 3.10. The molecular formula is C15H18ClN3O4S2. The molecule has 1 aromatic heterocycles. The van der Waals surface area contributed by atoms with E-state index >= 15 is 0 Å². The summed E-state index contributed by atoms with van der Waals surface area (Å²) in [6.45, 7) is 3.84. The van der Waals surface area contributed by atoms with E-state index in [1.165, 1.54) is 42.4 Å². The molecule has 10 heteroatoms.